The summed E-state index contributed by atoms with van der Waals surface area (Å²) in [4.78, 5) is 25.9. The molecule has 1 fully saturated rings. The van der Waals surface area contributed by atoms with Gasteiger partial charge in [0.15, 0.2) is 0 Å². The van der Waals surface area contributed by atoms with Crippen LogP contribution in [-0.4, -0.2) is 46.5 Å². The number of carbonyl (C=O) groups excluding carboxylic acids is 1. The number of fused-ring (bicyclic) bond motifs is 1. The third kappa shape index (κ3) is 3.96. The minimum Gasteiger partial charge on any atom is -0.465 e. The van der Waals surface area contributed by atoms with Gasteiger partial charge in [-0.3, -0.25) is 4.79 Å². The maximum Gasteiger partial charge on any atom is 0.253 e. The van der Waals surface area contributed by atoms with Crippen LogP contribution in [-0.2, 0) is 6.54 Å². The second kappa shape index (κ2) is 8.14. The summed E-state index contributed by atoms with van der Waals surface area (Å²) in [7, 11) is 0. The van der Waals surface area contributed by atoms with Crippen LogP contribution in [0.3, 0.4) is 0 Å². The van der Waals surface area contributed by atoms with Crippen molar-refractivity contribution < 1.29 is 9.21 Å². The van der Waals surface area contributed by atoms with E-state index in [2.05, 4.69) is 41.6 Å². The molecule has 0 unspecified atom stereocenters. The highest BCUT2D eigenvalue weighted by Gasteiger charge is 2.21. The van der Waals surface area contributed by atoms with Gasteiger partial charge in [0.05, 0.1) is 12.1 Å². The van der Waals surface area contributed by atoms with Crippen LogP contribution >= 0.6 is 0 Å². The first-order valence-electron chi connectivity index (χ1n) is 10.4. The van der Waals surface area contributed by atoms with Crippen LogP contribution < -0.4 is 15.1 Å². The van der Waals surface area contributed by atoms with Crippen molar-refractivity contribution in [1.82, 2.24) is 19.7 Å². The summed E-state index contributed by atoms with van der Waals surface area (Å²) in [6, 6.07) is 13.6. The molecule has 1 aliphatic heterocycles. The Bertz CT molecular complexity index is 1190. The molecule has 4 aromatic rings. The lowest BCUT2D eigenvalue weighted by Crippen LogP contribution is -2.47. The molecule has 0 aromatic carbocycles. The zero-order valence-corrected chi connectivity index (χ0v) is 17.4. The number of nitrogens with zero attached hydrogens (tertiary/aromatic N) is 5. The lowest BCUT2D eigenvalue weighted by atomic mass is 10.2. The van der Waals surface area contributed by atoms with Gasteiger partial charge in [-0.05, 0) is 49.4 Å². The smallest absolute Gasteiger partial charge is 0.253 e. The van der Waals surface area contributed by atoms with Crippen molar-refractivity contribution in [2.24, 2.45) is 0 Å². The number of hydrogen-bond acceptors (Lipinski definition) is 6. The fourth-order valence-corrected chi connectivity index (χ4v) is 3.92. The zero-order valence-electron chi connectivity index (χ0n) is 17.4. The third-order valence-electron chi connectivity index (χ3n) is 5.55. The number of rotatable bonds is 5. The van der Waals surface area contributed by atoms with Crippen molar-refractivity contribution in [2.75, 3.05) is 36.0 Å². The standard InChI is InChI=1S/C23H24N6O2/c1-17-3-7-20(31-17)15-26-22(30)18-4-5-19-6-8-21(29(19)16-18)27-11-13-28(14-12-27)23-24-9-2-10-25-23/h2-10,16H,11-15H2,1H3,(H,26,30). The number of aromatic nitrogens is 3. The molecule has 1 amide bonds. The van der Waals surface area contributed by atoms with E-state index in [1.54, 1.807) is 12.4 Å². The zero-order chi connectivity index (χ0) is 21.2. The Kier molecular flexibility index (Phi) is 5.03. The predicted molar refractivity (Wildman–Crippen MR) is 118 cm³/mol. The number of hydrogen-bond donors (Lipinski definition) is 1. The van der Waals surface area contributed by atoms with Gasteiger partial charge in [-0.25, -0.2) is 9.97 Å². The van der Waals surface area contributed by atoms with Crippen LogP contribution in [0.15, 0.2) is 65.5 Å². The number of nitrogens with one attached hydrogen (secondary N) is 1. The Morgan fingerprint density at radius 3 is 2.48 bits per heavy atom. The SMILES string of the molecule is Cc1ccc(CNC(=O)c2ccc3ccc(N4CCN(c5ncccn5)CC4)n3c2)o1. The number of anilines is 2. The van der Waals surface area contributed by atoms with E-state index in [9.17, 15) is 4.79 Å². The first-order chi connectivity index (χ1) is 15.2. The number of amides is 1. The van der Waals surface area contributed by atoms with Crippen molar-refractivity contribution in [3.8, 4) is 0 Å². The third-order valence-corrected chi connectivity index (χ3v) is 5.55. The van der Waals surface area contributed by atoms with Crippen LogP contribution in [0.5, 0.6) is 0 Å². The lowest BCUT2D eigenvalue weighted by molar-refractivity contribution is 0.0947. The summed E-state index contributed by atoms with van der Waals surface area (Å²) in [6.45, 7) is 5.67. The minimum absolute atomic E-state index is 0.123. The van der Waals surface area contributed by atoms with Gasteiger partial charge in [0.1, 0.15) is 17.3 Å². The number of furan rings is 1. The van der Waals surface area contributed by atoms with Gasteiger partial charge in [-0.2, -0.15) is 0 Å². The van der Waals surface area contributed by atoms with E-state index in [1.807, 2.05) is 43.5 Å². The molecule has 0 bridgehead atoms. The lowest BCUT2D eigenvalue weighted by Gasteiger charge is -2.35. The second-order valence-corrected chi connectivity index (χ2v) is 7.62. The summed E-state index contributed by atoms with van der Waals surface area (Å²) in [6.07, 6.45) is 5.45. The van der Waals surface area contributed by atoms with E-state index in [4.69, 9.17) is 4.42 Å². The van der Waals surface area contributed by atoms with E-state index in [1.165, 1.54) is 0 Å². The Balaban J connectivity index is 1.29. The molecule has 0 spiro atoms. The second-order valence-electron chi connectivity index (χ2n) is 7.62. The van der Waals surface area contributed by atoms with E-state index < -0.39 is 0 Å². The quantitative estimate of drug-likeness (QED) is 0.539. The van der Waals surface area contributed by atoms with Gasteiger partial charge < -0.3 is 23.9 Å². The number of aryl methyl sites for hydroxylation is 1. The summed E-state index contributed by atoms with van der Waals surface area (Å²) >= 11 is 0. The average Bonchev–Trinajstić information content (AvgIpc) is 3.43. The van der Waals surface area contributed by atoms with Crippen LogP contribution in [0, 0.1) is 6.92 Å². The largest absolute Gasteiger partial charge is 0.465 e. The molecule has 4 aromatic heterocycles. The highest BCUT2D eigenvalue weighted by Crippen LogP contribution is 2.22. The molecule has 31 heavy (non-hydrogen) atoms. The van der Waals surface area contributed by atoms with Gasteiger partial charge in [0.25, 0.3) is 5.91 Å². The first-order valence-corrected chi connectivity index (χ1v) is 10.4. The highest BCUT2D eigenvalue weighted by atomic mass is 16.3. The Labute approximate surface area is 180 Å². The van der Waals surface area contributed by atoms with Gasteiger partial charge in [0, 0.05) is 50.3 Å². The molecular formula is C23H24N6O2. The van der Waals surface area contributed by atoms with Gasteiger partial charge in [-0.1, -0.05) is 0 Å². The van der Waals surface area contributed by atoms with E-state index in [0.717, 1.165) is 55.0 Å². The van der Waals surface area contributed by atoms with E-state index in [-0.39, 0.29) is 5.91 Å². The molecule has 8 heteroatoms. The molecule has 0 aliphatic carbocycles. The summed E-state index contributed by atoms with van der Waals surface area (Å²) < 4.78 is 7.61. The summed E-state index contributed by atoms with van der Waals surface area (Å²) in [5, 5.41) is 2.93. The van der Waals surface area contributed by atoms with Crippen molar-refractivity contribution in [2.45, 2.75) is 13.5 Å². The predicted octanol–water partition coefficient (Wildman–Crippen LogP) is 2.89. The van der Waals surface area contributed by atoms with Crippen LogP contribution in [0.2, 0.25) is 0 Å². The van der Waals surface area contributed by atoms with Gasteiger partial charge in [-0.15, -0.1) is 0 Å². The normalized spacial score (nSPS) is 14.2. The Morgan fingerprint density at radius 2 is 1.74 bits per heavy atom. The molecule has 1 saturated heterocycles. The van der Waals surface area contributed by atoms with Crippen molar-refractivity contribution in [3.63, 3.8) is 0 Å². The Morgan fingerprint density at radius 1 is 1.00 bits per heavy atom. The fraction of sp³-hybridized carbons (Fsp3) is 0.261. The number of piperazine rings is 1. The monoisotopic (exact) mass is 416 g/mol. The molecule has 8 nitrogen and oxygen atoms in total. The summed E-state index contributed by atoms with van der Waals surface area (Å²) in [5.41, 5.74) is 1.67. The van der Waals surface area contributed by atoms with Crippen molar-refractivity contribution in [1.29, 1.82) is 0 Å². The number of carbonyl (C=O) groups is 1. The molecular weight excluding hydrogens is 392 g/mol. The molecule has 0 atom stereocenters. The topological polar surface area (TPSA) is 78.9 Å². The van der Waals surface area contributed by atoms with Crippen molar-refractivity contribution >= 4 is 23.2 Å². The maximum atomic E-state index is 12.7. The molecule has 5 rings (SSSR count). The van der Waals surface area contributed by atoms with Crippen LogP contribution in [0.25, 0.3) is 5.52 Å². The van der Waals surface area contributed by atoms with Crippen LogP contribution in [0.4, 0.5) is 11.8 Å². The summed E-state index contributed by atoms with van der Waals surface area (Å²) in [5.74, 6) is 3.31. The highest BCUT2D eigenvalue weighted by molar-refractivity contribution is 5.94. The molecule has 1 N–H and O–H groups in total. The molecule has 1 aliphatic rings. The van der Waals surface area contributed by atoms with Gasteiger partial charge in [0.2, 0.25) is 5.95 Å². The van der Waals surface area contributed by atoms with E-state index >= 15 is 0 Å². The van der Waals surface area contributed by atoms with Crippen molar-refractivity contribution in [3.05, 3.63) is 78.1 Å². The average molecular weight is 416 g/mol. The van der Waals surface area contributed by atoms with Gasteiger partial charge >= 0.3 is 0 Å². The molecule has 158 valence electrons. The Hall–Kier alpha value is -3.81. The maximum absolute atomic E-state index is 12.7. The van der Waals surface area contributed by atoms with E-state index in [0.29, 0.717) is 12.1 Å². The molecule has 0 saturated carbocycles. The van der Waals surface area contributed by atoms with Crippen LogP contribution in [0.1, 0.15) is 21.9 Å². The fourth-order valence-electron chi connectivity index (χ4n) is 3.92. The molecule has 5 heterocycles. The minimum atomic E-state index is -0.123. The first kappa shape index (κ1) is 19.2. The number of pyridine rings is 1. The molecule has 0 radical (unpaired) electrons.